The van der Waals surface area contributed by atoms with Crippen LogP contribution in [0, 0.1) is 0 Å². The number of hydrogen-bond acceptors (Lipinski definition) is 4. The van der Waals surface area contributed by atoms with Crippen molar-refractivity contribution in [2.75, 3.05) is 6.61 Å². The highest BCUT2D eigenvalue weighted by molar-refractivity contribution is 7.21. The second-order valence-corrected chi connectivity index (χ2v) is 7.78. The molecule has 27 heavy (non-hydrogen) atoms. The van der Waals surface area contributed by atoms with Crippen LogP contribution in [0.25, 0.3) is 10.1 Å². The highest BCUT2D eigenvalue weighted by atomic mass is 35.5. The Morgan fingerprint density at radius 2 is 1.89 bits per heavy atom. The Hall–Kier alpha value is -2.08. The number of thiophene rings is 1. The summed E-state index contributed by atoms with van der Waals surface area (Å²) >= 11 is 14.1. The lowest BCUT2D eigenvalue weighted by Gasteiger charge is -2.08. The molecule has 1 amide bonds. The molecule has 2 N–H and O–H groups in total. The monoisotopic (exact) mass is 421 g/mol. The molecule has 0 radical (unpaired) electrons. The van der Waals surface area contributed by atoms with Crippen molar-refractivity contribution in [1.29, 1.82) is 0 Å². The van der Waals surface area contributed by atoms with Gasteiger partial charge >= 0.3 is 5.97 Å². The van der Waals surface area contributed by atoms with Crippen molar-refractivity contribution in [3.63, 3.8) is 0 Å². The first-order valence-corrected chi connectivity index (χ1v) is 9.94. The first-order chi connectivity index (χ1) is 12.9. The predicted octanol–water partition coefficient (Wildman–Crippen LogP) is 5.27. The fourth-order valence-electron chi connectivity index (χ4n) is 2.93. The van der Waals surface area contributed by atoms with Gasteiger partial charge in [-0.05, 0) is 55.2 Å². The van der Waals surface area contributed by atoms with Crippen LogP contribution in [0.1, 0.15) is 38.1 Å². The number of carbonyl (C=O) groups is 2. The minimum Gasteiger partial charge on any atom is -0.462 e. The fraction of sp³-hybridized carbons (Fsp3) is 0.200. The van der Waals surface area contributed by atoms with Crippen LogP contribution in [0.5, 0.6) is 0 Å². The summed E-state index contributed by atoms with van der Waals surface area (Å²) < 4.78 is 6.15. The smallest absolute Gasteiger partial charge is 0.348 e. The number of benzene rings is 2. The molecule has 140 valence electrons. The summed E-state index contributed by atoms with van der Waals surface area (Å²) in [6.07, 6.45) is 1.15. The van der Waals surface area contributed by atoms with Crippen LogP contribution < -0.4 is 5.73 Å². The Labute approximate surface area is 170 Å². The zero-order chi connectivity index (χ0) is 19.6. The molecule has 0 saturated heterocycles. The van der Waals surface area contributed by atoms with Crippen molar-refractivity contribution in [1.82, 2.24) is 0 Å². The molecular weight excluding hydrogens is 405 g/mol. The van der Waals surface area contributed by atoms with Gasteiger partial charge in [-0.1, -0.05) is 35.3 Å². The number of halogens is 2. The van der Waals surface area contributed by atoms with E-state index in [4.69, 9.17) is 33.7 Å². The average Bonchev–Trinajstić information content (AvgIpc) is 3.01. The van der Waals surface area contributed by atoms with Gasteiger partial charge in [0.2, 0.25) is 5.91 Å². The van der Waals surface area contributed by atoms with Crippen LogP contribution in [0.3, 0.4) is 0 Å². The van der Waals surface area contributed by atoms with E-state index in [0.717, 1.165) is 21.2 Å². The van der Waals surface area contributed by atoms with E-state index < -0.39 is 5.91 Å². The predicted molar refractivity (Wildman–Crippen MR) is 110 cm³/mol. The lowest BCUT2D eigenvalue weighted by atomic mass is 10.0. The van der Waals surface area contributed by atoms with Gasteiger partial charge in [-0.25, -0.2) is 4.79 Å². The Balaban J connectivity index is 1.97. The maximum atomic E-state index is 12.4. The molecule has 0 fully saturated rings. The van der Waals surface area contributed by atoms with Crippen LogP contribution in [-0.4, -0.2) is 18.5 Å². The van der Waals surface area contributed by atoms with E-state index in [1.54, 1.807) is 25.1 Å². The number of nitrogens with two attached hydrogens (primary N) is 1. The molecule has 0 atom stereocenters. The summed E-state index contributed by atoms with van der Waals surface area (Å²) in [5, 5.41) is 1.94. The number of primary amides is 1. The molecule has 1 heterocycles. The van der Waals surface area contributed by atoms with Crippen molar-refractivity contribution in [2.45, 2.75) is 19.8 Å². The maximum Gasteiger partial charge on any atom is 0.348 e. The van der Waals surface area contributed by atoms with Crippen LogP contribution in [0.15, 0.2) is 36.4 Å². The molecule has 0 unspecified atom stereocenters. The Morgan fingerprint density at radius 1 is 1.11 bits per heavy atom. The molecule has 0 saturated carbocycles. The fourth-order valence-corrected chi connectivity index (χ4v) is 4.72. The quantitative estimate of drug-likeness (QED) is 0.551. The number of esters is 1. The summed E-state index contributed by atoms with van der Waals surface area (Å²) in [5.41, 5.74) is 7.36. The number of amides is 1. The standard InChI is InChI=1S/C20H17Cl2NO3S/c1-2-26-20(25)18-13(17-14(21)4-3-5-16(17)27-18)9-8-11-6-7-12(19(23)24)10-15(11)22/h3-7,10H,2,8-9H2,1H3,(H2,23,24). The van der Waals surface area contributed by atoms with Crippen LogP contribution in [0.2, 0.25) is 10.0 Å². The molecule has 1 aromatic heterocycles. The van der Waals surface area contributed by atoms with E-state index in [9.17, 15) is 9.59 Å². The lowest BCUT2D eigenvalue weighted by molar-refractivity contribution is 0.0531. The Bertz CT molecular complexity index is 1030. The third-order valence-corrected chi connectivity index (χ3v) is 6.05. The highest BCUT2D eigenvalue weighted by Crippen LogP contribution is 2.37. The van der Waals surface area contributed by atoms with Crippen molar-refractivity contribution in [2.24, 2.45) is 5.73 Å². The van der Waals surface area contributed by atoms with Gasteiger partial charge in [-0.2, -0.15) is 0 Å². The summed E-state index contributed by atoms with van der Waals surface area (Å²) in [6, 6.07) is 10.6. The number of aryl methyl sites for hydroxylation is 2. The molecule has 0 aliphatic carbocycles. The zero-order valence-electron chi connectivity index (χ0n) is 14.6. The zero-order valence-corrected chi connectivity index (χ0v) is 16.9. The van der Waals surface area contributed by atoms with Crippen LogP contribution in [-0.2, 0) is 17.6 Å². The van der Waals surface area contributed by atoms with Crippen molar-refractivity contribution >= 4 is 56.5 Å². The minimum atomic E-state index is -0.524. The van der Waals surface area contributed by atoms with E-state index in [1.807, 2.05) is 18.2 Å². The number of hydrogen-bond donors (Lipinski definition) is 1. The molecule has 0 bridgehead atoms. The van der Waals surface area contributed by atoms with E-state index in [2.05, 4.69) is 0 Å². The summed E-state index contributed by atoms with van der Waals surface area (Å²) in [7, 11) is 0. The number of ether oxygens (including phenoxy) is 1. The van der Waals surface area contributed by atoms with Gasteiger partial charge < -0.3 is 10.5 Å². The van der Waals surface area contributed by atoms with Gasteiger partial charge in [0.25, 0.3) is 0 Å². The number of rotatable bonds is 6. The molecule has 7 heteroatoms. The molecule has 3 aromatic rings. The van der Waals surface area contributed by atoms with E-state index in [0.29, 0.717) is 39.9 Å². The molecule has 0 aliphatic rings. The maximum absolute atomic E-state index is 12.4. The number of carbonyl (C=O) groups excluding carboxylic acids is 2. The van der Waals surface area contributed by atoms with Gasteiger partial charge in [0.15, 0.2) is 0 Å². The molecule has 3 rings (SSSR count). The second-order valence-electron chi connectivity index (χ2n) is 5.91. The Morgan fingerprint density at radius 3 is 2.56 bits per heavy atom. The van der Waals surface area contributed by atoms with Gasteiger partial charge in [0.05, 0.1) is 6.61 Å². The molecule has 0 aliphatic heterocycles. The third-order valence-electron chi connectivity index (χ3n) is 4.21. The van der Waals surface area contributed by atoms with E-state index in [-0.39, 0.29) is 5.97 Å². The summed E-state index contributed by atoms with van der Waals surface area (Å²) in [6.45, 7) is 2.08. The SMILES string of the molecule is CCOC(=O)c1sc2cccc(Cl)c2c1CCc1ccc(C(N)=O)cc1Cl. The molecule has 4 nitrogen and oxygen atoms in total. The molecule has 0 spiro atoms. The summed E-state index contributed by atoms with van der Waals surface area (Å²) in [4.78, 5) is 24.2. The lowest BCUT2D eigenvalue weighted by Crippen LogP contribution is -2.11. The largest absolute Gasteiger partial charge is 0.462 e. The molecule has 2 aromatic carbocycles. The number of fused-ring (bicyclic) bond motifs is 1. The van der Waals surface area contributed by atoms with Gasteiger partial charge in [-0.15, -0.1) is 11.3 Å². The normalized spacial score (nSPS) is 10.9. The van der Waals surface area contributed by atoms with Gasteiger partial charge in [0.1, 0.15) is 4.88 Å². The van der Waals surface area contributed by atoms with Crippen LogP contribution >= 0.6 is 34.5 Å². The van der Waals surface area contributed by atoms with Crippen molar-refractivity contribution in [3.05, 3.63) is 68.0 Å². The first kappa shape index (κ1) is 19.7. The highest BCUT2D eigenvalue weighted by Gasteiger charge is 2.21. The minimum absolute atomic E-state index is 0.306. The second kappa shape index (κ2) is 8.30. The average molecular weight is 422 g/mol. The Kier molecular flexibility index (Phi) is 6.05. The van der Waals surface area contributed by atoms with E-state index >= 15 is 0 Å². The topological polar surface area (TPSA) is 69.4 Å². The van der Waals surface area contributed by atoms with Crippen LogP contribution in [0.4, 0.5) is 0 Å². The first-order valence-electron chi connectivity index (χ1n) is 8.37. The summed E-state index contributed by atoms with van der Waals surface area (Å²) in [5.74, 6) is -0.872. The van der Waals surface area contributed by atoms with Gasteiger partial charge in [-0.3, -0.25) is 4.79 Å². The third kappa shape index (κ3) is 4.10. The van der Waals surface area contributed by atoms with Gasteiger partial charge in [0, 0.05) is 25.7 Å². The van der Waals surface area contributed by atoms with E-state index in [1.165, 1.54) is 11.3 Å². The van der Waals surface area contributed by atoms with Crippen molar-refractivity contribution < 1.29 is 14.3 Å². The molecular formula is C20H17Cl2NO3S. The van der Waals surface area contributed by atoms with Crippen molar-refractivity contribution in [3.8, 4) is 0 Å².